The first-order chi connectivity index (χ1) is 15.4. The van der Waals surface area contributed by atoms with E-state index < -0.39 is 20.6 Å². The van der Waals surface area contributed by atoms with E-state index in [0.717, 1.165) is 0 Å². The van der Waals surface area contributed by atoms with Crippen molar-refractivity contribution in [3.63, 3.8) is 0 Å². The van der Waals surface area contributed by atoms with Crippen molar-refractivity contribution >= 4 is 22.0 Å². The van der Waals surface area contributed by atoms with Gasteiger partial charge in [0.15, 0.2) is 0 Å². The van der Waals surface area contributed by atoms with Crippen molar-refractivity contribution in [2.24, 2.45) is 4.99 Å². The number of nitrogens with zero attached hydrogens (tertiary/aromatic N) is 2. The van der Waals surface area contributed by atoms with Crippen LogP contribution in [0.25, 0.3) is 0 Å². The van der Waals surface area contributed by atoms with Crippen LogP contribution < -0.4 is 10.2 Å². The molecule has 2 heterocycles. The highest BCUT2D eigenvalue weighted by Gasteiger charge is 2.50. The fourth-order valence-corrected chi connectivity index (χ4v) is 5.49. The zero-order valence-corrected chi connectivity index (χ0v) is 17.8. The number of hydroxylamine groups is 1. The number of nitrogens with one attached hydrogen (secondary N) is 1. The molecular formula is C23H19N3O5S. The summed E-state index contributed by atoms with van der Waals surface area (Å²) in [5.74, 6) is -0.212. The summed E-state index contributed by atoms with van der Waals surface area (Å²) in [6, 6.07) is 15.8. The summed E-state index contributed by atoms with van der Waals surface area (Å²) in [5.41, 5.74) is 2.19. The number of aryl methyl sites for hydroxylation is 1. The maximum absolute atomic E-state index is 14.0. The van der Waals surface area contributed by atoms with Gasteiger partial charge in [0.1, 0.15) is 11.5 Å². The van der Waals surface area contributed by atoms with Crippen LogP contribution in [0.4, 0.5) is 0 Å². The smallest absolute Gasteiger partial charge is 0.275 e. The van der Waals surface area contributed by atoms with Crippen LogP contribution in [0, 0.1) is 6.92 Å². The molecular weight excluding hydrogens is 430 g/mol. The van der Waals surface area contributed by atoms with Crippen molar-refractivity contribution in [3.05, 3.63) is 102 Å². The van der Waals surface area contributed by atoms with Crippen LogP contribution >= 0.6 is 0 Å². The molecule has 3 aromatic rings. The second kappa shape index (κ2) is 8.37. The van der Waals surface area contributed by atoms with Gasteiger partial charge in [0.2, 0.25) is 14.7 Å². The van der Waals surface area contributed by atoms with Gasteiger partial charge < -0.3 is 4.74 Å². The molecule has 1 aliphatic rings. The first-order valence-electron chi connectivity index (χ1n) is 9.59. The SMILES string of the molecule is Cc1cccc(C(=O)NO)c1C1(S(=O)(=O)c2ccccc2)C=C(Oc2ccncc2)C=N1. The lowest BCUT2D eigenvalue weighted by Crippen LogP contribution is -2.35. The number of ether oxygens (including phenoxy) is 1. The van der Waals surface area contributed by atoms with Crippen molar-refractivity contribution in [1.82, 2.24) is 10.5 Å². The molecule has 0 saturated carbocycles. The Morgan fingerprint density at radius 3 is 2.44 bits per heavy atom. The highest BCUT2D eigenvalue weighted by Crippen LogP contribution is 2.44. The predicted octanol–water partition coefficient (Wildman–Crippen LogP) is 3.18. The van der Waals surface area contributed by atoms with E-state index in [-0.39, 0.29) is 21.8 Å². The van der Waals surface area contributed by atoms with Crippen LogP contribution in [0.3, 0.4) is 0 Å². The lowest BCUT2D eigenvalue weighted by atomic mass is 9.94. The second-order valence-corrected chi connectivity index (χ2v) is 9.14. The third-order valence-electron chi connectivity index (χ3n) is 5.05. The molecule has 1 amide bonds. The Morgan fingerprint density at radius 2 is 1.75 bits per heavy atom. The van der Waals surface area contributed by atoms with Crippen LogP contribution in [0.5, 0.6) is 5.75 Å². The third-order valence-corrected chi connectivity index (χ3v) is 7.19. The molecule has 0 bridgehead atoms. The highest BCUT2D eigenvalue weighted by atomic mass is 32.2. The minimum Gasteiger partial charge on any atom is -0.456 e. The number of allylic oxidation sites excluding steroid dienone is 1. The first kappa shape index (κ1) is 21.4. The van der Waals surface area contributed by atoms with Crippen molar-refractivity contribution in [3.8, 4) is 5.75 Å². The molecule has 4 rings (SSSR count). The Kier molecular flexibility index (Phi) is 5.60. The maximum Gasteiger partial charge on any atom is 0.275 e. The third kappa shape index (κ3) is 3.57. The molecule has 1 unspecified atom stereocenters. The molecule has 32 heavy (non-hydrogen) atoms. The normalized spacial score (nSPS) is 17.6. The van der Waals surface area contributed by atoms with Crippen molar-refractivity contribution in [1.29, 1.82) is 0 Å². The van der Waals surface area contributed by atoms with Crippen LogP contribution in [0.1, 0.15) is 21.5 Å². The Labute approximate surface area is 184 Å². The monoisotopic (exact) mass is 449 g/mol. The van der Waals surface area contributed by atoms with E-state index in [2.05, 4.69) is 9.98 Å². The molecule has 9 heteroatoms. The van der Waals surface area contributed by atoms with E-state index >= 15 is 0 Å². The van der Waals surface area contributed by atoms with Gasteiger partial charge in [-0.3, -0.25) is 20.0 Å². The number of hydrogen-bond donors (Lipinski definition) is 2. The summed E-state index contributed by atoms with van der Waals surface area (Å²) in [6.45, 7) is 1.68. The molecule has 1 aliphatic heterocycles. The minimum absolute atomic E-state index is 0.0226. The molecule has 0 radical (unpaired) electrons. The van der Waals surface area contributed by atoms with Crippen LogP contribution in [-0.4, -0.2) is 30.7 Å². The van der Waals surface area contributed by atoms with E-state index in [4.69, 9.17) is 4.74 Å². The fourth-order valence-electron chi connectivity index (χ4n) is 3.62. The molecule has 1 atom stereocenters. The maximum atomic E-state index is 14.0. The fraction of sp³-hybridized carbons (Fsp3) is 0.0870. The Morgan fingerprint density at radius 1 is 1.03 bits per heavy atom. The largest absolute Gasteiger partial charge is 0.456 e. The van der Waals surface area contributed by atoms with Gasteiger partial charge in [-0.05, 0) is 42.8 Å². The van der Waals surface area contributed by atoms with Crippen molar-refractivity contribution in [2.75, 3.05) is 0 Å². The number of aliphatic imine (C=N–C) groups is 1. The standard InChI is InChI=1S/C23H19N3O5S/c1-16-6-5-9-20(22(27)26-28)21(16)23(32(29,30)19-7-3-2-4-8-19)14-18(15-25-23)31-17-10-12-24-13-11-17/h2-15,28H,1H3,(H,26,27). The van der Waals surface area contributed by atoms with Gasteiger partial charge in [-0.1, -0.05) is 30.3 Å². The minimum atomic E-state index is -4.19. The van der Waals surface area contributed by atoms with Crippen LogP contribution in [0.2, 0.25) is 0 Å². The second-order valence-electron chi connectivity index (χ2n) is 7.04. The van der Waals surface area contributed by atoms with E-state index in [0.29, 0.717) is 11.3 Å². The molecule has 2 N–H and O–H groups in total. The number of carbonyl (C=O) groups excluding carboxylic acids is 1. The summed E-state index contributed by atoms with van der Waals surface area (Å²) >= 11 is 0. The lowest BCUT2D eigenvalue weighted by Gasteiger charge is -2.28. The number of rotatable bonds is 6. The van der Waals surface area contributed by atoms with Gasteiger partial charge in [-0.25, -0.2) is 13.9 Å². The van der Waals surface area contributed by atoms with Gasteiger partial charge in [0.05, 0.1) is 11.1 Å². The first-order valence-corrected chi connectivity index (χ1v) is 11.1. The Balaban J connectivity index is 1.97. The zero-order valence-electron chi connectivity index (χ0n) is 17.0. The molecule has 0 saturated heterocycles. The van der Waals surface area contributed by atoms with Crippen LogP contribution in [0.15, 0.2) is 94.8 Å². The van der Waals surface area contributed by atoms with Gasteiger partial charge in [-0.2, -0.15) is 0 Å². The average Bonchev–Trinajstić information content (AvgIpc) is 3.24. The molecule has 162 valence electrons. The average molecular weight is 449 g/mol. The number of hydrogen-bond acceptors (Lipinski definition) is 7. The lowest BCUT2D eigenvalue weighted by molar-refractivity contribution is 0.0704. The van der Waals surface area contributed by atoms with Gasteiger partial charge in [0, 0.05) is 29.6 Å². The number of benzene rings is 2. The number of pyridine rings is 1. The topological polar surface area (TPSA) is 118 Å². The number of carbonyl (C=O) groups is 1. The Bertz CT molecular complexity index is 1320. The summed E-state index contributed by atoms with van der Waals surface area (Å²) in [6.07, 6.45) is 5.77. The number of amides is 1. The summed E-state index contributed by atoms with van der Waals surface area (Å²) in [4.78, 5) is 18.8. The van der Waals surface area contributed by atoms with Gasteiger partial charge in [0.25, 0.3) is 5.91 Å². The van der Waals surface area contributed by atoms with Crippen LogP contribution in [-0.2, 0) is 14.7 Å². The Hall–Kier alpha value is -3.82. The molecule has 8 nitrogen and oxygen atoms in total. The molecule has 2 aromatic carbocycles. The summed E-state index contributed by atoms with van der Waals surface area (Å²) < 4.78 is 33.7. The molecule has 0 aliphatic carbocycles. The van der Waals surface area contributed by atoms with Crippen molar-refractivity contribution < 1.29 is 23.2 Å². The molecule has 0 fully saturated rings. The quantitative estimate of drug-likeness (QED) is 0.441. The van der Waals surface area contributed by atoms with Gasteiger partial charge >= 0.3 is 0 Å². The predicted molar refractivity (Wildman–Crippen MR) is 117 cm³/mol. The highest BCUT2D eigenvalue weighted by molar-refractivity contribution is 7.92. The number of aromatic nitrogens is 1. The summed E-state index contributed by atoms with van der Waals surface area (Å²) in [5, 5.41) is 9.26. The van der Waals surface area contributed by atoms with Gasteiger partial charge in [-0.15, -0.1) is 0 Å². The number of sulfone groups is 1. The summed E-state index contributed by atoms with van der Waals surface area (Å²) in [7, 11) is -4.19. The van der Waals surface area contributed by atoms with E-state index in [1.807, 2.05) is 0 Å². The van der Waals surface area contributed by atoms with E-state index in [1.165, 1.54) is 30.5 Å². The zero-order chi connectivity index (χ0) is 22.8. The van der Waals surface area contributed by atoms with E-state index in [9.17, 15) is 18.4 Å². The van der Waals surface area contributed by atoms with E-state index in [1.54, 1.807) is 67.3 Å². The molecule has 1 aromatic heterocycles. The molecule has 0 spiro atoms. The van der Waals surface area contributed by atoms with Crippen molar-refractivity contribution in [2.45, 2.75) is 16.7 Å².